The fourth-order valence-corrected chi connectivity index (χ4v) is 4.13. The van der Waals surface area contributed by atoms with Gasteiger partial charge in [-0.1, -0.05) is 72.8 Å². The van der Waals surface area contributed by atoms with E-state index in [1.165, 1.54) is 0 Å². The summed E-state index contributed by atoms with van der Waals surface area (Å²) in [4.78, 5) is 30.4. The standard InChI is InChI=1S/C31H32N2O3/c1-23(2)33(31(35)28-17-15-27(16-18-28)26-12-8-5-9-13-26)22-30(34)32(20-25-10-6-4-7-11-25)21-29-19-14-24(3)36-29/h4-19,23H,20-22H2,1-3H3. The van der Waals surface area contributed by atoms with Gasteiger partial charge in [-0.05, 0) is 61.7 Å². The van der Waals surface area contributed by atoms with Crippen molar-refractivity contribution in [3.05, 3.63) is 120 Å². The summed E-state index contributed by atoms with van der Waals surface area (Å²) in [5.74, 6) is 1.23. The van der Waals surface area contributed by atoms with Crippen LogP contribution in [0.3, 0.4) is 0 Å². The third-order valence-corrected chi connectivity index (χ3v) is 6.14. The molecule has 0 unspecified atom stereocenters. The van der Waals surface area contributed by atoms with Crippen LogP contribution >= 0.6 is 0 Å². The van der Waals surface area contributed by atoms with Gasteiger partial charge in [0.1, 0.15) is 18.1 Å². The lowest BCUT2D eigenvalue weighted by atomic mass is 10.0. The molecule has 184 valence electrons. The molecule has 0 saturated carbocycles. The summed E-state index contributed by atoms with van der Waals surface area (Å²) >= 11 is 0. The van der Waals surface area contributed by atoms with E-state index in [4.69, 9.17) is 4.42 Å². The predicted molar refractivity (Wildman–Crippen MR) is 142 cm³/mol. The maximum Gasteiger partial charge on any atom is 0.254 e. The van der Waals surface area contributed by atoms with Crippen LogP contribution in [-0.2, 0) is 17.9 Å². The first-order chi connectivity index (χ1) is 17.4. The van der Waals surface area contributed by atoms with Crippen molar-refractivity contribution >= 4 is 11.8 Å². The molecule has 0 saturated heterocycles. The minimum absolute atomic E-state index is 0.0105. The molecular weight excluding hydrogens is 448 g/mol. The number of benzene rings is 3. The molecule has 2 amide bonds. The molecule has 4 rings (SSSR count). The molecule has 0 bridgehead atoms. The largest absolute Gasteiger partial charge is 0.464 e. The molecule has 36 heavy (non-hydrogen) atoms. The summed E-state index contributed by atoms with van der Waals surface area (Å²) in [5, 5.41) is 0. The fraction of sp³-hybridized carbons (Fsp3) is 0.226. The number of hydrogen-bond donors (Lipinski definition) is 0. The normalized spacial score (nSPS) is 10.9. The molecule has 0 aliphatic carbocycles. The van der Waals surface area contributed by atoms with Gasteiger partial charge in [0, 0.05) is 18.2 Å². The molecule has 0 aliphatic rings. The minimum Gasteiger partial charge on any atom is -0.464 e. The third kappa shape index (κ3) is 6.30. The number of carbonyl (C=O) groups excluding carboxylic acids is 2. The first-order valence-corrected chi connectivity index (χ1v) is 12.2. The quantitative estimate of drug-likeness (QED) is 0.281. The van der Waals surface area contributed by atoms with Crippen LogP contribution < -0.4 is 0 Å². The lowest BCUT2D eigenvalue weighted by molar-refractivity contribution is -0.133. The fourth-order valence-electron chi connectivity index (χ4n) is 4.13. The molecule has 0 fully saturated rings. The van der Waals surface area contributed by atoms with Gasteiger partial charge in [-0.15, -0.1) is 0 Å². The lowest BCUT2D eigenvalue weighted by Gasteiger charge is -2.30. The van der Waals surface area contributed by atoms with Gasteiger partial charge >= 0.3 is 0 Å². The zero-order valence-corrected chi connectivity index (χ0v) is 21.1. The molecule has 1 aromatic heterocycles. The second kappa shape index (κ2) is 11.5. The summed E-state index contributed by atoms with van der Waals surface area (Å²) < 4.78 is 5.74. The van der Waals surface area contributed by atoms with Crippen molar-refractivity contribution in [1.82, 2.24) is 9.80 Å². The Hall–Kier alpha value is -4.12. The van der Waals surface area contributed by atoms with E-state index >= 15 is 0 Å². The van der Waals surface area contributed by atoms with E-state index in [1.807, 2.05) is 118 Å². The van der Waals surface area contributed by atoms with Crippen molar-refractivity contribution < 1.29 is 14.0 Å². The Bertz CT molecular complexity index is 1280. The highest BCUT2D eigenvalue weighted by Crippen LogP contribution is 2.21. The summed E-state index contributed by atoms with van der Waals surface area (Å²) in [6.45, 7) is 6.51. The van der Waals surface area contributed by atoms with Crippen LogP contribution in [0.1, 0.15) is 41.3 Å². The van der Waals surface area contributed by atoms with E-state index < -0.39 is 0 Å². The third-order valence-electron chi connectivity index (χ3n) is 6.14. The van der Waals surface area contributed by atoms with E-state index in [0.717, 1.165) is 28.2 Å². The van der Waals surface area contributed by atoms with E-state index in [2.05, 4.69) is 0 Å². The molecule has 1 heterocycles. The molecule has 0 atom stereocenters. The Morgan fingerprint density at radius 1 is 0.750 bits per heavy atom. The molecule has 0 N–H and O–H groups in total. The lowest BCUT2D eigenvalue weighted by Crippen LogP contribution is -2.45. The Balaban J connectivity index is 1.52. The summed E-state index contributed by atoms with van der Waals surface area (Å²) in [6.07, 6.45) is 0. The van der Waals surface area contributed by atoms with Crippen molar-refractivity contribution in [1.29, 1.82) is 0 Å². The molecule has 5 nitrogen and oxygen atoms in total. The maximum absolute atomic E-state index is 13.5. The van der Waals surface area contributed by atoms with Crippen LogP contribution in [0.25, 0.3) is 11.1 Å². The van der Waals surface area contributed by atoms with Gasteiger partial charge in [0.05, 0.1) is 6.54 Å². The predicted octanol–water partition coefficient (Wildman–Crippen LogP) is 6.33. The van der Waals surface area contributed by atoms with Crippen molar-refractivity contribution in [2.24, 2.45) is 0 Å². The van der Waals surface area contributed by atoms with Crippen molar-refractivity contribution in [3.8, 4) is 11.1 Å². The molecule has 5 heteroatoms. The van der Waals surface area contributed by atoms with Crippen LogP contribution in [0, 0.1) is 6.92 Å². The molecule has 4 aromatic rings. The van der Waals surface area contributed by atoms with Gasteiger partial charge in [0.15, 0.2) is 0 Å². The molecule has 0 spiro atoms. The Morgan fingerprint density at radius 3 is 1.94 bits per heavy atom. The number of carbonyl (C=O) groups is 2. The average Bonchev–Trinajstić information content (AvgIpc) is 3.32. The van der Waals surface area contributed by atoms with Gasteiger partial charge in [-0.25, -0.2) is 0 Å². The Kier molecular flexibility index (Phi) is 8.01. The second-order valence-corrected chi connectivity index (χ2v) is 9.22. The van der Waals surface area contributed by atoms with Crippen LogP contribution in [0.5, 0.6) is 0 Å². The van der Waals surface area contributed by atoms with Crippen molar-refractivity contribution in [3.63, 3.8) is 0 Å². The molecule has 0 radical (unpaired) electrons. The highest BCUT2D eigenvalue weighted by molar-refractivity contribution is 5.97. The number of aryl methyl sites for hydroxylation is 1. The molecular formula is C31H32N2O3. The topological polar surface area (TPSA) is 53.8 Å². The monoisotopic (exact) mass is 480 g/mol. The van der Waals surface area contributed by atoms with Gasteiger partial charge in [-0.3, -0.25) is 9.59 Å². The first-order valence-electron chi connectivity index (χ1n) is 12.2. The number of rotatable bonds is 9. The van der Waals surface area contributed by atoms with Gasteiger partial charge < -0.3 is 14.2 Å². The highest BCUT2D eigenvalue weighted by Gasteiger charge is 2.25. The van der Waals surface area contributed by atoms with Gasteiger partial charge in [-0.2, -0.15) is 0 Å². The number of amides is 2. The number of hydrogen-bond acceptors (Lipinski definition) is 3. The zero-order valence-electron chi connectivity index (χ0n) is 21.1. The summed E-state index contributed by atoms with van der Waals surface area (Å²) in [5.41, 5.74) is 3.72. The average molecular weight is 481 g/mol. The van der Waals surface area contributed by atoms with Crippen LogP contribution in [-0.4, -0.2) is 34.2 Å². The zero-order chi connectivity index (χ0) is 25.5. The van der Waals surface area contributed by atoms with E-state index in [9.17, 15) is 9.59 Å². The van der Waals surface area contributed by atoms with Gasteiger partial charge in [0.25, 0.3) is 5.91 Å². The molecule has 3 aromatic carbocycles. The SMILES string of the molecule is Cc1ccc(CN(Cc2ccccc2)C(=O)CN(C(=O)c2ccc(-c3ccccc3)cc2)C(C)C)o1. The van der Waals surface area contributed by atoms with Crippen LogP contribution in [0.15, 0.2) is 101 Å². The van der Waals surface area contributed by atoms with Crippen LogP contribution in [0.2, 0.25) is 0 Å². The maximum atomic E-state index is 13.5. The second-order valence-electron chi connectivity index (χ2n) is 9.22. The van der Waals surface area contributed by atoms with Gasteiger partial charge in [0.2, 0.25) is 5.91 Å². The van der Waals surface area contributed by atoms with E-state index in [0.29, 0.717) is 18.7 Å². The summed E-state index contributed by atoms with van der Waals surface area (Å²) in [6, 6.07) is 31.1. The minimum atomic E-state index is -0.161. The summed E-state index contributed by atoms with van der Waals surface area (Å²) in [7, 11) is 0. The highest BCUT2D eigenvalue weighted by atomic mass is 16.3. The molecule has 0 aliphatic heterocycles. The number of nitrogens with zero attached hydrogens (tertiary/aromatic N) is 2. The number of furan rings is 1. The Morgan fingerprint density at radius 2 is 1.36 bits per heavy atom. The van der Waals surface area contributed by atoms with Crippen LogP contribution in [0.4, 0.5) is 0 Å². The Labute approximate surface area is 213 Å². The van der Waals surface area contributed by atoms with Crippen molar-refractivity contribution in [2.75, 3.05) is 6.54 Å². The first kappa shape index (κ1) is 25.0. The van der Waals surface area contributed by atoms with E-state index in [-0.39, 0.29) is 24.4 Å². The smallest absolute Gasteiger partial charge is 0.254 e. The van der Waals surface area contributed by atoms with E-state index in [1.54, 1.807) is 9.80 Å². The van der Waals surface area contributed by atoms with Crippen molar-refractivity contribution in [2.45, 2.75) is 39.9 Å².